The second kappa shape index (κ2) is 4.64. The minimum atomic E-state index is 0.303. The summed E-state index contributed by atoms with van der Waals surface area (Å²) < 4.78 is 0. The number of carbonyl (C=O) groups is 1. The van der Waals surface area contributed by atoms with E-state index in [4.69, 9.17) is 0 Å². The van der Waals surface area contributed by atoms with Crippen LogP contribution in [-0.4, -0.2) is 5.78 Å². The minimum absolute atomic E-state index is 0.303. The highest BCUT2D eigenvalue weighted by Gasteiger charge is 2.36. The first-order valence-electron chi connectivity index (χ1n) is 6.94. The summed E-state index contributed by atoms with van der Waals surface area (Å²) in [6.45, 7) is 0. The van der Waals surface area contributed by atoms with E-state index in [0.717, 1.165) is 30.2 Å². The maximum atomic E-state index is 12.4. The van der Waals surface area contributed by atoms with Crippen molar-refractivity contribution < 1.29 is 4.79 Å². The van der Waals surface area contributed by atoms with Crippen LogP contribution in [0.4, 0.5) is 0 Å². The maximum absolute atomic E-state index is 12.4. The molecule has 1 aromatic rings. The van der Waals surface area contributed by atoms with Crippen molar-refractivity contribution in [1.29, 1.82) is 0 Å². The Labute approximate surface area is 103 Å². The zero-order valence-corrected chi connectivity index (χ0v) is 10.3. The van der Waals surface area contributed by atoms with Crippen LogP contribution in [0.15, 0.2) is 30.3 Å². The zero-order chi connectivity index (χ0) is 11.7. The normalized spacial score (nSPS) is 28.9. The number of carbonyl (C=O) groups excluding carboxylic acids is 1. The minimum Gasteiger partial charge on any atom is -0.294 e. The first kappa shape index (κ1) is 11.0. The molecule has 0 radical (unpaired) electrons. The van der Waals surface area contributed by atoms with E-state index in [1.54, 1.807) is 0 Å². The largest absolute Gasteiger partial charge is 0.294 e. The Bertz CT molecular complexity index is 391. The Hall–Kier alpha value is -1.11. The van der Waals surface area contributed by atoms with Crippen molar-refractivity contribution in [1.82, 2.24) is 0 Å². The lowest BCUT2D eigenvalue weighted by Gasteiger charge is -2.28. The van der Waals surface area contributed by atoms with E-state index in [1.807, 2.05) is 30.3 Å². The molecule has 0 aromatic heterocycles. The quantitative estimate of drug-likeness (QED) is 0.712. The third-order valence-corrected chi connectivity index (χ3v) is 4.43. The molecule has 0 spiro atoms. The zero-order valence-electron chi connectivity index (χ0n) is 10.3. The van der Waals surface area contributed by atoms with E-state index in [0.29, 0.717) is 11.7 Å². The average Bonchev–Trinajstić information content (AvgIpc) is 3.23. The Kier molecular flexibility index (Phi) is 3.00. The SMILES string of the molecule is O=C(c1ccccc1)C1CCCC(C2CC2)C1. The molecule has 0 saturated heterocycles. The van der Waals surface area contributed by atoms with Crippen LogP contribution in [-0.2, 0) is 0 Å². The molecule has 1 nitrogen and oxygen atoms in total. The fraction of sp³-hybridized carbons (Fsp3) is 0.562. The van der Waals surface area contributed by atoms with Gasteiger partial charge in [-0.2, -0.15) is 0 Å². The topological polar surface area (TPSA) is 17.1 Å². The van der Waals surface area contributed by atoms with Gasteiger partial charge in [0.2, 0.25) is 0 Å². The molecule has 0 amide bonds. The standard InChI is InChI=1S/C16H20O/c17-16(13-5-2-1-3-6-13)15-8-4-7-14(11-15)12-9-10-12/h1-3,5-6,12,14-15H,4,7-11H2. The first-order chi connectivity index (χ1) is 8.34. The van der Waals surface area contributed by atoms with Crippen molar-refractivity contribution in [2.75, 3.05) is 0 Å². The molecule has 2 aliphatic carbocycles. The molecule has 3 rings (SSSR count). The summed E-state index contributed by atoms with van der Waals surface area (Å²) in [6.07, 6.45) is 7.71. The van der Waals surface area contributed by atoms with E-state index in [9.17, 15) is 4.79 Å². The molecule has 17 heavy (non-hydrogen) atoms. The van der Waals surface area contributed by atoms with Crippen LogP contribution in [0.25, 0.3) is 0 Å². The van der Waals surface area contributed by atoms with Crippen molar-refractivity contribution in [2.45, 2.75) is 38.5 Å². The molecule has 2 atom stereocenters. The molecule has 2 unspecified atom stereocenters. The lowest BCUT2D eigenvalue weighted by Crippen LogP contribution is -2.24. The highest BCUT2D eigenvalue weighted by Crippen LogP contribution is 2.45. The molecule has 0 N–H and O–H groups in total. The molecule has 0 bridgehead atoms. The monoisotopic (exact) mass is 228 g/mol. The lowest BCUT2D eigenvalue weighted by molar-refractivity contribution is 0.0855. The highest BCUT2D eigenvalue weighted by molar-refractivity contribution is 5.97. The van der Waals surface area contributed by atoms with Gasteiger partial charge in [0.15, 0.2) is 5.78 Å². The molecule has 1 heteroatoms. The molecule has 2 fully saturated rings. The molecule has 2 saturated carbocycles. The van der Waals surface area contributed by atoms with Gasteiger partial charge in [0.25, 0.3) is 0 Å². The molecule has 2 aliphatic rings. The van der Waals surface area contributed by atoms with Crippen molar-refractivity contribution in [3.8, 4) is 0 Å². The van der Waals surface area contributed by atoms with Crippen LogP contribution in [0.1, 0.15) is 48.9 Å². The average molecular weight is 228 g/mol. The smallest absolute Gasteiger partial charge is 0.165 e. The van der Waals surface area contributed by atoms with Gasteiger partial charge in [-0.3, -0.25) is 4.79 Å². The van der Waals surface area contributed by atoms with Gasteiger partial charge in [-0.25, -0.2) is 0 Å². The second-order valence-electron chi connectivity index (χ2n) is 5.69. The number of hydrogen-bond donors (Lipinski definition) is 0. The third kappa shape index (κ3) is 2.43. The van der Waals surface area contributed by atoms with Crippen molar-refractivity contribution in [2.24, 2.45) is 17.8 Å². The van der Waals surface area contributed by atoms with Gasteiger partial charge in [-0.05, 0) is 37.5 Å². The van der Waals surface area contributed by atoms with E-state index in [1.165, 1.54) is 25.7 Å². The van der Waals surface area contributed by atoms with Gasteiger partial charge >= 0.3 is 0 Å². The van der Waals surface area contributed by atoms with Crippen LogP contribution in [0, 0.1) is 17.8 Å². The van der Waals surface area contributed by atoms with Crippen molar-refractivity contribution >= 4 is 5.78 Å². The number of ketones is 1. The van der Waals surface area contributed by atoms with Gasteiger partial charge < -0.3 is 0 Å². The Morgan fingerprint density at radius 3 is 2.41 bits per heavy atom. The lowest BCUT2D eigenvalue weighted by atomic mass is 9.76. The van der Waals surface area contributed by atoms with Gasteiger partial charge in [0.1, 0.15) is 0 Å². The molecular weight excluding hydrogens is 208 g/mol. The predicted octanol–water partition coefficient (Wildman–Crippen LogP) is 4.09. The van der Waals surface area contributed by atoms with E-state index >= 15 is 0 Å². The van der Waals surface area contributed by atoms with Crippen molar-refractivity contribution in [3.05, 3.63) is 35.9 Å². The van der Waals surface area contributed by atoms with Gasteiger partial charge in [-0.1, -0.05) is 43.2 Å². The molecule has 1 aromatic carbocycles. The summed E-state index contributed by atoms with van der Waals surface area (Å²) in [5.41, 5.74) is 0.911. The van der Waals surface area contributed by atoms with Gasteiger partial charge in [0.05, 0.1) is 0 Å². The summed E-state index contributed by atoms with van der Waals surface area (Å²) in [4.78, 5) is 12.4. The summed E-state index contributed by atoms with van der Waals surface area (Å²) in [7, 11) is 0. The summed E-state index contributed by atoms with van der Waals surface area (Å²) in [5, 5.41) is 0. The fourth-order valence-corrected chi connectivity index (χ4v) is 3.30. The Morgan fingerprint density at radius 1 is 0.941 bits per heavy atom. The molecular formula is C16H20O. The van der Waals surface area contributed by atoms with Crippen LogP contribution >= 0.6 is 0 Å². The summed E-state index contributed by atoms with van der Waals surface area (Å²) in [5.74, 6) is 2.50. The van der Waals surface area contributed by atoms with Crippen LogP contribution in [0.3, 0.4) is 0 Å². The number of Topliss-reactive ketones (excluding diaryl/α,β-unsaturated/α-hetero) is 1. The summed E-state index contributed by atoms with van der Waals surface area (Å²) in [6, 6.07) is 9.83. The number of rotatable bonds is 3. The van der Waals surface area contributed by atoms with Gasteiger partial charge in [-0.15, -0.1) is 0 Å². The maximum Gasteiger partial charge on any atom is 0.165 e. The fourth-order valence-electron chi connectivity index (χ4n) is 3.30. The predicted molar refractivity (Wildman–Crippen MR) is 68.9 cm³/mol. The van der Waals surface area contributed by atoms with Crippen LogP contribution < -0.4 is 0 Å². The van der Waals surface area contributed by atoms with Gasteiger partial charge in [0, 0.05) is 11.5 Å². The molecule has 90 valence electrons. The third-order valence-electron chi connectivity index (χ3n) is 4.43. The Balaban J connectivity index is 1.69. The number of hydrogen-bond acceptors (Lipinski definition) is 1. The van der Waals surface area contributed by atoms with Crippen LogP contribution in [0.5, 0.6) is 0 Å². The van der Waals surface area contributed by atoms with E-state index < -0.39 is 0 Å². The molecule has 0 heterocycles. The van der Waals surface area contributed by atoms with E-state index in [-0.39, 0.29) is 0 Å². The van der Waals surface area contributed by atoms with Crippen molar-refractivity contribution in [3.63, 3.8) is 0 Å². The Morgan fingerprint density at radius 2 is 1.71 bits per heavy atom. The van der Waals surface area contributed by atoms with E-state index in [2.05, 4.69) is 0 Å². The molecule has 0 aliphatic heterocycles. The first-order valence-corrected chi connectivity index (χ1v) is 6.94. The van der Waals surface area contributed by atoms with Crippen LogP contribution in [0.2, 0.25) is 0 Å². The summed E-state index contributed by atoms with van der Waals surface area (Å²) >= 11 is 0. The second-order valence-corrected chi connectivity index (χ2v) is 5.69. The number of benzene rings is 1. The highest BCUT2D eigenvalue weighted by atomic mass is 16.1.